The zero-order valence-electron chi connectivity index (χ0n) is 13.5. The van der Waals surface area contributed by atoms with Gasteiger partial charge in [-0.15, -0.1) is 0 Å². The van der Waals surface area contributed by atoms with Gasteiger partial charge in [0.2, 0.25) is 10.0 Å². The Balaban J connectivity index is 2.08. The Kier molecular flexibility index (Phi) is 5.61. The number of hydrogen-bond donors (Lipinski definition) is 1. The van der Waals surface area contributed by atoms with Crippen molar-refractivity contribution in [1.82, 2.24) is 9.62 Å². The zero-order valence-corrected chi connectivity index (χ0v) is 14.3. The third kappa shape index (κ3) is 4.21. The Morgan fingerprint density at radius 2 is 2.04 bits per heavy atom. The molecule has 0 saturated carbocycles. The molecule has 1 amide bonds. The summed E-state index contributed by atoms with van der Waals surface area (Å²) in [6, 6.07) is 6.54. The van der Waals surface area contributed by atoms with Gasteiger partial charge in [0, 0.05) is 20.0 Å². The summed E-state index contributed by atoms with van der Waals surface area (Å²) in [5.41, 5.74) is 0.413. The zero-order chi connectivity index (χ0) is 17.0. The van der Waals surface area contributed by atoms with Crippen molar-refractivity contribution in [2.75, 3.05) is 40.2 Å². The molecule has 2 rings (SSSR count). The van der Waals surface area contributed by atoms with Gasteiger partial charge in [-0.25, -0.2) is 12.7 Å². The number of amides is 1. The van der Waals surface area contributed by atoms with Crippen LogP contribution in [0.15, 0.2) is 24.3 Å². The molecule has 1 aromatic carbocycles. The Morgan fingerprint density at radius 1 is 1.35 bits per heavy atom. The van der Waals surface area contributed by atoms with Gasteiger partial charge >= 0.3 is 0 Å². The van der Waals surface area contributed by atoms with Crippen LogP contribution in [0.5, 0.6) is 5.75 Å². The normalized spacial score (nSPS) is 21.4. The molecule has 0 aromatic heterocycles. The minimum Gasteiger partial charge on any atom is -0.496 e. The van der Waals surface area contributed by atoms with Crippen LogP contribution in [0.2, 0.25) is 0 Å². The molecular formula is C15H22N2O5S. The van der Waals surface area contributed by atoms with Crippen LogP contribution in [-0.4, -0.2) is 64.8 Å². The average Bonchev–Trinajstić information content (AvgIpc) is 2.93. The first-order valence-electron chi connectivity index (χ1n) is 7.27. The number of hydrogen-bond acceptors (Lipinski definition) is 5. The van der Waals surface area contributed by atoms with Gasteiger partial charge in [-0.1, -0.05) is 12.1 Å². The van der Waals surface area contributed by atoms with Gasteiger partial charge in [0.1, 0.15) is 5.75 Å². The molecule has 1 saturated heterocycles. The Hall–Kier alpha value is -1.64. The van der Waals surface area contributed by atoms with Gasteiger partial charge in [-0.2, -0.15) is 0 Å². The summed E-state index contributed by atoms with van der Waals surface area (Å²) in [5.74, 6) is -0.163. The number of para-hydroxylation sites is 1. The number of carbonyl (C=O) groups excluding carboxylic acids is 1. The molecule has 128 valence electrons. The lowest BCUT2D eigenvalue weighted by atomic mass is 10.1. The average molecular weight is 342 g/mol. The molecule has 2 unspecified atom stereocenters. The number of nitrogens with one attached hydrogen (secondary N) is 1. The molecule has 1 heterocycles. The predicted molar refractivity (Wildman–Crippen MR) is 86.0 cm³/mol. The van der Waals surface area contributed by atoms with Gasteiger partial charge in [-0.05, 0) is 12.1 Å². The number of benzene rings is 1. The predicted octanol–water partition coefficient (Wildman–Crippen LogP) is 0.331. The molecule has 23 heavy (non-hydrogen) atoms. The first kappa shape index (κ1) is 17.7. The molecular weight excluding hydrogens is 320 g/mol. The molecule has 0 bridgehead atoms. The molecule has 1 N–H and O–H groups in total. The summed E-state index contributed by atoms with van der Waals surface area (Å²) in [4.78, 5) is 12.4. The fourth-order valence-corrected chi connectivity index (χ4v) is 3.59. The van der Waals surface area contributed by atoms with E-state index in [1.54, 1.807) is 24.3 Å². The molecule has 2 atom stereocenters. The largest absolute Gasteiger partial charge is 0.496 e. The maximum atomic E-state index is 12.4. The summed E-state index contributed by atoms with van der Waals surface area (Å²) in [6.45, 7) is 0.610. The second-order valence-corrected chi connectivity index (χ2v) is 7.87. The van der Waals surface area contributed by atoms with Crippen molar-refractivity contribution >= 4 is 15.9 Å². The molecule has 0 radical (unpaired) electrons. The summed E-state index contributed by atoms with van der Waals surface area (Å²) >= 11 is 0. The highest BCUT2D eigenvalue weighted by Gasteiger charge is 2.34. The van der Waals surface area contributed by atoms with Crippen molar-refractivity contribution in [3.05, 3.63) is 29.8 Å². The van der Waals surface area contributed by atoms with Crippen molar-refractivity contribution < 1.29 is 22.7 Å². The number of nitrogens with zero attached hydrogens (tertiary/aromatic N) is 1. The quantitative estimate of drug-likeness (QED) is 0.805. The highest BCUT2D eigenvalue weighted by atomic mass is 32.2. The minimum atomic E-state index is -3.35. The number of carbonyl (C=O) groups is 1. The van der Waals surface area contributed by atoms with E-state index >= 15 is 0 Å². The van der Waals surface area contributed by atoms with Crippen LogP contribution in [0, 0.1) is 5.92 Å². The molecule has 1 fully saturated rings. The third-order valence-electron chi connectivity index (χ3n) is 3.85. The van der Waals surface area contributed by atoms with Crippen molar-refractivity contribution in [1.29, 1.82) is 0 Å². The molecule has 1 aromatic rings. The standard InChI is InChI=1S/C15H22N2O5S/c1-17(2)23(19,20)10-11-8-22-9-13(11)16-15(18)12-6-4-5-7-14(12)21-3/h4-7,11,13H,8-10H2,1-3H3,(H,16,18). The van der Waals surface area contributed by atoms with Gasteiger partial charge in [0.15, 0.2) is 0 Å². The van der Waals surface area contributed by atoms with Crippen LogP contribution < -0.4 is 10.1 Å². The lowest BCUT2D eigenvalue weighted by molar-refractivity contribution is 0.0923. The van der Waals surface area contributed by atoms with Crippen molar-refractivity contribution in [3.8, 4) is 5.75 Å². The Morgan fingerprint density at radius 3 is 2.70 bits per heavy atom. The van der Waals surface area contributed by atoms with E-state index in [9.17, 15) is 13.2 Å². The maximum absolute atomic E-state index is 12.4. The van der Waals surface area contributed by atoms with Crippen LogP contribution >= 0.6 is 0 Å². The molecule has 8 heteroatoms. The smallest absolute Gasteiger partial charge is 0.255 e. The van der Waals surface area contributed by atoms with E-state index in [4.69, 9.17) is 9.47 Å². The fraction of sp³-hybridized carbons (Fsp3) is 0.533. The second kappa shape index (κ2) is 7.29. The summed E-state index contributed by atoms with van der Waals surface area (Å²) < 4.78 is 35.8. The van der Waals surface area contributed by atoms with Crippen molar-refractivity contribution in [2.45, 2.75) is 6.04 Å². The van der Waals surface area contributed by atoms with E-state index in [0.29, 0.717) is 24.5 Å². The number of sulfonamides is 1. The summed E-state index contributed by atoms with van der Waals surface area (Å²) in [5, 5.41) is 2.85. The Bertz CT molecular complexity index is 660. The minimum absolute atomic E-state index is 0.0587. The van der Waals surface area contributed by atoms with E-state index in [2.05, 4.69) is 5.32 Å². The summed E-state index contributed by atoms with van der Waals surface area (Å²) in [7, 11) is 1.13. The van der Waals surface area contributed by atoms with E-state index < -0.39 is 10.0 Å². The molecule has 0 spiro atoms. The van der Waals surface area contributed by atoms with Crippen LogP contribution in [0.3, 0.4) is 0 Å². The van der Waals surface area contributed by atoms with Gasteiger partial charge in [0.05, 0.1) is 37.7 Å². The topological polar surface area (TPSA) is 84.9 Å². The highest BCUT2D eigenvalue weighted by Crippen LogP contribution is 2.20. The lowest BCUT2D eigenvalue weighted by Gasteiger charge is -2.21. The SMILES string of the molecule is COc1ccccc1C(=O)NC1COCC1CS(=O)(=O)N(C)C. The molecule has 1 aliphatic heterocycles. The Labute approximate surface area is 136 Å². The van der Waals surface area contributed by atoms with Gasteiger partial charge in [0.25, 0.3) is 5.91 Å². The maximum Gasteiger partial charge on any atom is 0.255 e. The number of ether oxygens (including phenoxy) is 2. The van der Waals surface area contributed by atoms with E-state index in [0.717, 1.165) is 0 Å². The fourth-order valence-electron chi connectivity index (χ4n) is 2.42. The summed E-state index contributed by atoms with van der Waals surface area (Å²) in [6.07, 6.45) is 0. The van der Waals surface area contributed by atoms with E-state index in [-0.39, 0.29) is 23.6 Å². The van der Waals surface area contributed by atoms with Gasteiger partial charge < -0.3 is 14.8 Å². The van der Waals surface area contributed by atoms with Crippen LogP contribution in [-0.2, 0) is 14.8 Å². The number of methoxy groups -OCH3 is 1. The first-order chi connectivity index (χ1) is 10.8. The molecule has 7 nitrogen and oxygen atoms in total. The van der Waals surface area contributed by atoms with Crippen molar-refractivity contribution in [2.24, 2.45) is 5.92 Å². The molecule has 1 aliphatic rings. The van der Waals surface area contributed by atoms with E-state index in [1.165, 1.54) is 25.5 Å². The van der Waals surface area contributed by atoms with Crippen molar-refractivity contribution in [3.63, 3.8) is 0 Å². The second-order valence-electron chi connectivity index (χ2n) is 5.64. The highest BCUT2D eigenvalue weighted by molar-refractivity contribution is 7.89. The van der Waals surface area contributed by atoms with E-state index in [1.807, 2.05) is 0 Å². The number of rotatable bonds is 6. The van der Waals surface area contributed by atoms with Crippen LogP contribution in [0.1, 0.15) is 10.4 Å². The first-order valence-corrected chi connectivity index (χ1v) is 8.88. The van der Waals surface area contributed by atoms with Crippen LogP contribution in [0.25, 0.3) is 0 Å². The van der Waals surface area contributed by atoms with Crippen LogP contribution in [0.4, 0.5) is 0 Å². The van der Waals surface area contributed by atoms with Gasteiger partial charge in [-0.3, -0.25) is 4.79 Å². The molecule has 0 aliphatic carbocycles. The monoisotopic (exact) mass is 342 g/mol. The third-order valence-corrected chi connectivity index (χ3v) is 5.81. The lowest BCUT2D eigenvalue weighted by Crippen LogP contribution is -2.43.